The number of anilines is 1. The summed E-state index contributed by atoms with van der Waals surface area (Å²) in [6, 6.07) is 19.1. The van der Waals surface area contributed by atoms with E-state index in [4.69, 9.17) is 9.47 Å². The molecular formula is C22H19NO5. The zero-order chi connectivity index (χ0) is 19.9. The second kappa shape index (κ2) is 8.81. The van der Waals surface area contributed by atoms with Crippen LogP contribution in [0.15, 0.2) is 66.7 Å². The van der Waals surface area contributed by atoms with Gasteiger partial charge >= 0.3 is 11.9 Å². The molecule has 142 valence electrons. The largest absolute Gasteiger partial charge is 0.462 e. The van der Waals surface area contributed by atoms with E-state index in [2.05, 4.69) is 5.32 Å². The third kappa shape index (κ3) is 4.73. The summed E-state index contributed by atoms with van der Waals surface area (Å²) >= 11 is 0. The SMILES string of the molecule is CCOC(=O)c1ccc(NC(=O)COC(=O)c2ccc3ccccc3c2)cc1. The molecule has 0 aromatic heterocycles. The van der Waals surface area contributed by atoms with Crippen molar-refractivity contribution < 1.29 is 23.9 Å². The quantitative estimate of drug-likeness (QED) is 0.661. The van der Waals surface area contributed by atoms with Gasteiger partial charge in [0.05, 0.1) is 17.7 Å². The summed E-state index contributed by atoms with van der Waals surface area (Å²) in [4.78, 5) is 35.8. The highest BCUT2D eigenvalue weighted by Crippen LogP contribution is 2.16. The van der Waals surface area contributed by atoms with Crippen LogP contribution in [0.1, 0.15) is 27.6 Å². The van der Waals surface area contributed by atoms with Crippen LogP contribution >= 0.6 is 0 Å². The normalized spacial score (nSPS) is 10.3. The Morgan fingerprint density at radius 3 is 2.14 bits per heavy atom. The second-order valence-corrected chi connectivity index (χ2v) is 5.98. The highest BCUT2D eigenvalue weighted by Gasteiger charge is 2.12. The van der Waals surface area contributed by atoms with Crippen molar-refractivity contribution in [2.75, 3.05) is 18.5 Å². The van der Waals surface area contributed by atoms with E-state index >= 15 is 0 Å². The predicted octanol–water partition coefficient (Wildman–Crippen LogP) is 3.81. The fourth-order valence-electron chi connectivity index (χ4n) is 2.63. The van der Waals surface area contributed by atoms with E-state index in [-0.39, 0.29) is 0 Å². The number of hydrogen-bond donors (Lipinski definition) is 1. The minimum absolute atomic E-state index is 0.292. The molecular weight excluding hydrogens is 358 g/mol. The van der Waals surface area contributed by atoms with Crippen molar-refractivity contribution in [3.63, 3.8) is 0 Å². The summed E-state index contributed by atoms with van der Waals surface area (Å²) in [5.74, 6) is -1.47. The Labute approximate surface area is 162 Å². The van der Waals surface area contributed by atoms with Crippen molar-refractivity contribution in [1.82, 2.24) is 0 Å². The molecule has 0 bridgehead atoms. The Morgan fingerprint density at radius 1 is 0.786 bits per heavy atom. The molecule has 0 unspecified atom stereocenters. The van der Waals surface area contributed by atoms with Crippen molar-refractivity contribution in [3.05, 3.63) is 77.9 Å². The predicted molar refractivity (Wildman–Crippen MR) is 105 cm³/mol. The van der Waals surface area contributed by atoms with E-state index in [0.29, 0.717) is 23.4 Å². The van der Waals surface area contributed by atoms with Gasteiger partial charge in [-0.1, -0.05) is 30.3 Å². The fraction of sp³-hybridized carbons (Fsp3) is 0.136. The molecule has 0 radical (unpaired) electrons. The van der Waals surface area contributed by atoms with Crippen molar-refractivity contribution in [3.8, 4) is 0 Å². The van der Waals surface area contributed by atoms with Crippen LogP contribution in [0.3, 0.4) is 0 Å². The first-order valence-electron chi connectivity index (χ1n) is 8.80. The van der Waals surface area contributed by atoms with Crippen LogP contribution in [0.25, 0.3) is 10.8 Å². The van der Waals surface area contributed by atoms with Crippen LogP contribution in [0.5, 0.6) is 0 Å². The third-order valence-corrected chi connectivity index (χ3v) is 4.00. The molecule has 0 atom stereocenters. The molecule has 0 aliphatic heterocycles. The first kappa shape index (κ1) is 19.1. The summed E-state index contributed by atoms with van der Waals surface area (Å²) in [5, 5.41) is 4.54. The molecule has 1 N–H and O–H groups in total. The van der Waals surface area contributed by atoms with Gasteiger partial charge < -0.3 is 14.8 Å². The Balaban J connectivity index is 1.54. The second-order valence-electron chi connectivity index (χ2n) is 5.98. The van der Waals surface area contributed by atoms with Crippen LogP contribution < -0.4 is 5.32 Å². The Kier molecular flexibility index (Phi) is 6.01. The standard InChI is InChI=1S/C22H19NO5/c1-2-27-21(25)16-9-11-19(12-10-16)23-20(24)14-28-22(26)18-8-7-15-5-3-4-6-17(15)13-18/h3-13H,2,14H2,1H3,(H,23,24). The number of rotatable bonds is 6. The first-order valence-corrected chi connectivity index (χ1v) is 8.80. The van der Waals surface area contributed by atoms with E-state index in [1.54, 1.807) is 43.3 Å². The van der Waals surface area contributed by atoms with Gasteiger partial charge in [0, 0.05) is 5.69 Å². The monoisotopic (exact) mass is 377 g/mol. The number of ether oxygens (including phenoxy) is 2. The maximum Gasteiger partial charge on any atom is 0.338 e. The molecule has 0 heterocycles. The molecule has 0 aliphatic carbocycles. The highest BCUT2D eigenvalue weighted by molar-refractivity contribution is 5.98. The molecule has 3 rings (SSSR count). The molecule has 28 heavy (non-hydrogen) atoms. The van der Waals surface area contributed by atoms with Crippen LogP contribution in [-0.4, -0.2) is 31.1 Å². The topological polar surface area (TPSA) is 81.7 Å². The Hall–Kier alpha value is -3.67. The number of nitrogens with one attached hydrogen (secondary N) is 1. The van der Waals surface area contributed by atoms with Crippen molar-refractivity contribution in [1.29, 1.82) is 0 Å². The summed E-state index contributed by atoms with van der Waals surface area (Å²) in [6.45, 7) is 1.61. The van der Waals surface area contributed by atoms with Crippen molar-refractivity contribution in [2.24, 2.45) is 0 Å². The number of benzene rings is 3. The van der Waals surface area contributed by atoms with Gasteiger partial charge in [-0.15, -0.1) is 0 Å². The van der Waals surface area contributed by atoms with Gasteiger partial charge in [-0.3, -0.25) is 4.79 Å². The van der Waals surface area contributed by atoms with Gasteiger partial charge in [-0.05, 0) is 54.1 Å². The fourth-order valence-corrected chi connectivity index (χ4v) is 2.63. The van der Waals surface area contributed by atoms with Gasteiger partial charge in [0.2, 0.25) is 0 Å². The zero-order valence-electron chi connectivity index (χ0n) is 15.3. The molecule has 1 amide bonds. The smallest absolute Gasteiger partial charge is 0.338 e. The zero-order valence-corrected chi connectivity index (χ0v) is 15.3. The van der Waals surface area contributed by atoms with Crippen LogP contribution in [-0.2, 0) is 14.3 Å². The Bertz CT molecular complexity index is 1010. The molecule has 6 heteroatoms. The first-order chi connectivity index (χ1) is 13.6. The average molecular weight is 377 g/mol. The summed E-state index contributed by atoms with van der Waals surface area (Å²) < 4.78 is 9.98. The molecule has 6 nitrogen and oxygen atoms in total. The molecule has 3 aromatic carbocycles. The van der Waals surface area contributed by atoms with Gasteiger partial charge in [0.15, 0.2) is 6.61 Å². The molecule has 0 aliphatic rings. The van der Waals surface area contributed by atoms with Crippen LogP contribution in [0.4, 0.5) is 5.69 Å². The lowest BCUT2D eigenvalue weighted by Crippen LogP contribution is -2.21. The molecule has 3 aromatic rings. The van der Waals surface area contributed by atoms with Crippen LogP contribution in [0, 0.1) is 0 Å². The number of carbonyl (C=O) groups is 3. The van der Waals surface area contributed by atoms with E-state index < -0.39 is 24.5 Å². The summed E-state index contributed by atoms with van der Waals surface area (Å²) in [5.41, 5.74) is 1.26. The lowest BCUT2D eigenvalue weighted by atomic mass is 10.1. The molecule has 0 saturated carbocycles. The van der Waals surface area contributed by atoms with Gasteiger partial charge in [-0.25, -0.2) is 9.59 Å². The van der Waals surface area contributed by atoms with Gasteiger partial charge in [-0.2, -0.15) is 0 Å². The number of esters is 2. The number of amides is 1. The van der Waals surface area contributed by atoms with Gasteiger partial charge in [0.25, 0.3) is 5.91 Å². The third-order valence-electron chi connectivity index (χ3n) is 4.00. The molecule has 0 saturated heterocycles. The molecule has 0 spiro atoms. The maximum atomic E-state index is 12.2. The maximum absolute atomic E-state index is 12.2. The number of hydrogen-bond acceptors (Lipinski definition) is 5. The number of carbonyl (C=O) groups excluding carboxylic acids is 3. The lowest BCUT2D eigenvalue weighted by Gasteiger charge is -2.08. The van der Waals surface area contributed by atoms with Crippen molar-refractivity contribution in [2.45, 2.75) is 6.92 Å². The lowest BCUT2D eigenvalue weighted by molar-refractivity contribution is -0.119. The average Bonchev–Trinajstić information content (AvgIpc) is 2.72. The minimum atomic E-state index is -0.571. The minimum Gasteiger partial charge on any atom is -0.462 e. The Morgan fingerprint density at radius 2 is 1.43 bits per heavy atom. The highest BCUT2D eigenvalue weighted by atomic mass is 16.5. The van der Waals surface area contributed by atoms with E-state index in [1.807, 2.05) is 30.3 Å². The summed E-state index contributed by atoms with van der Waals surface area (Å²) in [7, 11) is 0. The summed E-state index contributed by atoms with van der Waals surface area (Å²) in [6.07, 6.45) is 0. The molecule has 0 fully saturated rings. The van der Waals surface area contributed by atoms with E-state index in [9.17, 15) is 14.4 Å². The van der Waals surface area contributed by atoms with Crippen molar-refractivity contribution >= 4 is 34.3 Å². The van der Waals surface area contributed by atoms with Crippen LogP contribution in [0.2, 0.25) is 0 Å². The number of fused-ring (bicyclic) bond motifs is 1. The van der Waals surface area contributed by atoms with Gasteiger partial charge in [0.1, 0.15) is 0 Å². The van der Waals surface area contributed by atoms with E-state index in [0.717, 1.165) is 10.8 Å². The van der Waals surface area contributed by atoms with E-state index in [1.165, 1.54) is 0 Å².